The van der Waals surface area contributed by atoms with E-state index in [1.807, 2.05) is 53.6 Å². The van der Waals surface area contributed by atoms with Crippen LogP contribution in [0.2, 0.25) is 0 Å². The molecule has 1 aromatic heterocycles. The number of carbonyl (C=O) groups excluding carboxylic acids is 2. The molecule has 0 spiro atoms. The van der Waals surface area contributed by atoms with Crippen LogP contribution in [0, 0.1) is 24.4 Å². The molecule has 272 valence electrons. The third kappa shape index (κ3) is 12.3. The Hall–Kier alpha value is -4.81. The van der Waals surface area contributed by atoms with Crippen LogP contribution in [0.1, 0.15) is 69.4 Å². The molecular weight excluding hydrogens is 643 g/mol. The van der Waals surface area contributed by atoms with Crippen molar-refractivity contribution >= 4 is 35.5 Å². The van der Waals surface area contributed by atoms with E-state index in [2.05, 4.69) is 34.8 Å². The van der Waals surface area contributed by atoms with Gasteiger partial charge in [0.15, 0.2) is 5.82 Å². The Balaban J connectivity index is 0.00000166. The fourth-order valence-electron chi connectivity index (χ4n) is 4.39. The quantitative estimate of drug-likeness (QED) is 0.128. The number of carbonyl (C=O) groups is 2. The van der Waals surface area contributed by atoms with E-state index in [0.717, 1.165) is 22.6 Å². The third-order valence-electron chi connectivity index (χ3n) is 6.55. The standard InChI is InChI=1S/C31H32F3N7O2.C3H8.2C2H6/c1-19-8-9-20(30(43)37-22-12-10-21(32)11-13-22)16-23(19)27-24(17-35-2)29(39-31(38-27)36-14-15-40(3)4)41(18-42)28-25(33)6-5-7-26(28)34;1-3-2;2*1-2/h5-13,16,18,35H,14-15,17H2,1-4H3,(H,37,43)(H,36,38,39);3H2,1-2H3;2*1-2H3. The van der Waals surface area contributed by atoms with Crippen molar-refractivity contribution in [2.24, 2.45) is 0 Å². The number of nitrogens with one attached hydrogen (secondary N) is 3. The lowest BCUT2D eigenvalue weighted by Crippen LogP contribution is -2.25. The minimum absolute atomic E-state index is 0.0359. The van der Waals surface area contributed by atoms with E-state index in [9.17, 15) is 22.8 Å². The second-order valence-corrected chi connectivity index (χ2v) is 10.7. The molecule has 12 heteroatoms. The molecule has 4 rings (SSSR count). The van der Waals surface area contributed by atoms with Crippen LogP contribution >= 0.6 is 0 Å². The van der Waals surface area contributed by atoms with Crippen molar-refractivity contribution in [1.82, 2.24) is 20.2 Å². The summed E-state index contributed by atoms with van der Waals surface area (Å²) in [6.07, 6.45) is 1.55. The SMILES string of the molecule is CC.CC.CCC.CNCc1c(-c2cc(C(=O)Nc3ccc(F)cc3)ccc2C)nc(NCCN(C)C)nc1N(C=O)c1c(F)cccc1F. The highest BCUT2D eigenvalue weighted by atomic mass is 19.1. The second kappa shape index (κ2) is 22.8. The predicted octanol–water partition coefficient (Wildman–Crippen LogP) is 8.58. The van der Waals surface area contributed by atoms with Gasteiger partial charge in [-0.15, -0.1) is 0 Å². The van der Waals surface area contributed by atoms with Gasteiger partial charge in [0.05, 0.1) is 5.69 Å². The van der Waals surface area contributed by atoms with E-state index >= 15 is 0 Å². The molecule has 0 aliphatic heterocycles. The maximum absolute atomic E-state index is 14.9. The molecule has 0 saturated carbocycles. The fraction of sp³-hybridized carbons (Fsp3) is 0.368. The molecule has 2 amide bonds. The van der Waals surface area contributed by atoms with Gasteiger partial charge in [0.2, 0.25) is 12.4 Å². The Morgan fingerprint density at radius 3 is 2.04 bits per heavy atom. The zero-order chi connectivity index (χ0) is 37.8. The summed E-state index contributed by atoms with van der Waals surface area (Å²) >= 11 is 0. The Kier molecular flexibility index (Phi) is 19.7. The highest BCUT2D eigenvalue weighted by Gasteiger charge is 2.26. The second-order valence-electron chi connectivity index (χ2n) is 10.7. The highest BCUT2D eigenvalue weighted by molar-refractivity contribution is 6.05. The normalized spacial score (nSPS) is 10.0. The Morgan fingerprint density at radius 2 is 1.50 bits per heavy atom. The monoisotopic (exact) mass is 695 g/mol. The lowest BCUT2D eigenvalue weighted by Gasteiger charge is -2.24. The Morgan fingerprint density at radius 1 is 0.900 bits per heavy atom. The molecule has 0 radical (unpaired) electrons. The van der Waals surface area contributed by atoms with E-state index in [-0.39, 0.29) is 23.9 Å². The Labute approximate surface area is 295 Å². The first kappa shape index (κ1) is 43.2. The van der Waals surface area contributed by atoms with Crippen LogP contribution < -0.4 is 20.9 Å². The van der Waals surface area contributed by atoms with Gasteiger partial charge >= 0.3 is 0 Å². The van der Waals surface area contributed by atoms with Crippen LogP contribution in [-0.4, -0.2) is 61.4 Å². The van der Waals surface area contributed by atoms with E-state index in [0.29, 0.717) is 42.0 Å². The van der Waals surface area contributed by atoms with E-state index in [1.54, 1.807) is 25.2 Å². The van der Waals surface area contributed by atoms with Gasteiger partial charge in [-0.1, -0.05) is 60.1 Å². The minimum atomic E-state index is -0.944. The average Bonchev–Trinajstić information content (AvgIpc) is 3.10. The molecule has 9 nitrogen and oxygen atoms in total. The third-order valence-corrected chi connectivity index (χ3v) is 6.55. The first-order valence-corrected chi connectivity index (χ1v) is 16.8. The van der Waals surface area contributed by atoms with Crippen molar-refractivity contribution in [3.8, 4) is 11.3 Å². The maximum Gasteiger partial charge on any atom is 0.255 e. The maximum atomic E-state index is 14.9. The molecule has 4 aromatic rings. The molecule has 0 unspecified atom stereocenters. The van der Waals surface area contributed by atoms with Crippen molar-refractivity contribution < 1.29 is 22.8 Å². The summed E-state index contributed by atoms with van der Waals surface area (Å²) in [5, 5.41) is 8.88. The van der Waals surface area contributed by atoms with Crippen LogP contribution in [-0.2, 0) is 11.3 Å². The fourth-order valence-corrected chi connectivity index (χ4v) is 4.39. The summed E-state index contributed by atoms with van der Waals surface area (Å²) in [6, 6.07) is 13.7. The lowest BCUT2D eigenvalue weighted by molar-refractivity contribution is -0.106. The number of halogens is 3. The van der Waals surface area contributed by atoms with Crippen molar-refractivity contribution in [2.75, 3.05) is 49.8 Å². The van der Waals surface area contributed by atoms with Gasteiger partial charge < -0.3 is 20.9 Å². The predicted molar refractivity (Wildman–Crippen MR) is 200 cm³/mol. The van der Waals surface area contributed by atoms with Crippen LogP contribution in [0.3, 0.4) is 0 Å². The van der Waals surface area contributed by atoms with Crippen LogP contribution in [0.25, 0.3) is 11.3 Å². The zero-order valence-electron chi connectivity index (χ0n) is 30.9. The van der Waals surface area contributed by atoms with Gasteiger partial charge in [-0.05, 0) is 82.2 Å². The van der Waals surface area contributed by atoms with Gasteiger partial charge in [-0.2, -0.15) is 4.98 Å². The highest BCUT2D eigenvalue weighted by Crippen LogP contribution is 2.36. The number of aryl methyl sites for hydroxylation is 1. The summed E-state index contributed by atoms with van der Waals surface area (Å²) < 4.78 is 43.2. The summed E-state index contributed by atoms with van der Waals surface area (Å²) in [5.41, 5.74) is 2.12. The smallest absolute Gasteiger partial charge is 0.255 e. The first-order chi connectivity index (χ1) is 24.0. The number of anilines is 4. The minimum Gasteiger partial charge on any atom is -0.353 e. The van der Waals surface area contributed by atoms with Crippen molar-refractivity contribution in [1.29, 1.82) is 0 Å². The number of nitrogens with zero attached hydrogens (tertiary/aromatic N) is 4. The van der Waals surface area contributed by atoms with Crippen molar-refractivity contribution in [3.05, 3.63) is 94.8 Å². The average molecular weight is 696 g/mol. The van der Waals surface area contributed by atoms with Gasteiger partial charge in [-0.25, -0.2) is 18.2 Å². The van der Waals surface area contributed by atoms with E-state index in [4.69, 9.17) is 4.98 Å². The molecular formula is C38H52F3N7O2. The number of hydrogen-bond acceptors (Lipinski definition) is 7. The molecule has 0 aliphatic rings. The molecule has 0 atom stereocenters. The van der Waals surface area contributed by atoms with Gasteiger partial charge in [0.1, 0.15) is 23.1 Å². The summed E-state index contributed by atoms with van der Waals surface area (Å²) in [7, 11) is 5.47. The molecule has 50 heavy (non-hydrogen) atoms. The first-order valence-electron chi connectivity index (χ1n) is 16.8. The van der Waals surface area contributed by atoms with Gasteiger partial charge in [-0.3, -0.25) is 14.5 Å². The topological polar surface area (TPSA) is 102 Å². The number of aromatic nitrogens is 2. The number of hydrogen-bond donors (Lipinski definition) is 3. The Bertz CT molecular complexity index is 1610. The molecule has 0 fully saturated rings. The molecule has 3 aromatic carbocycles. The van der Waals surface area contributed by atoms with E-state index < -0.39 is 29.0 Å². The zero-order valence-corrected chi connectivity index (χ0v) is 30.9. The molecule has 3 N–H and O–H groups in total. The van der Waals surface area contributed by atoms with E-state index in [1.165, 1.54) is 36.8 Å². The van der Waals surface area contributed by atoms with Crippen LogP contribution in [0.4, 0.5) is 36.3 Å². The lowest BCUT2D eigenvalue weighted by atomic mass is 9.98. The number of rotatable bonds is 12. The number of likely N-dealkylation sites (N-methyl/N-ethyl adjacent to an activating group) is 1. The molecule has 1 heterocycles. The molecule has 0 aliphatic carbocycles. The van der Waals surface area contributed by atoms with Crippen molar-refractivity contribution in [2.45, 2.75) is 61.4 Å². The largest absolute Gasteiger partial charge is 0.353 e. The van der Waals surface area contributed by atoms with Crippen LogP contribution in [0.15, 0.2) is 60.7 Å². The summed E-state index contributed by atoms with van der Waals surface area (Å²) in [5.74, 6) is -2.67. The van der Waals surface area contributed by atoms with Crippen molar-refractivity contribution in [3.63, 3.8) is 0 Å². The van der Waals surface area contributed by atoms with Gasteiger partial charge in [0.25, 0.3) is 5.91 Å². The summed E-state index contributed by atoms with van der Waals surface area (Å²) in [4.78, 5) is 37.6. The number of amides is 2. The van der Waals surface area contributed by atoms with Gasteiger partial charge in [0, 0.05) is 42.0 Å². The summed E-state index contributed by atoms with van der Waals surface area (Å²) in [6.45, 7) is 15.3. The molecule has 0 bridgehead atoms. The number of para-hydroxylation sites is 1. The van der Waals surface area contributed by atoms with Crippen LogP contribution in [0.5, 0.6) is 0 Å². The molecule has 0 saturated heterocycles. The number of benzene rings is 3.